The number of halogens is 3. The van der Waals surface area contributed by atoms with Crippen molar-refractivity contribution in [2.24, 2.45) is 0 Å². The van der Waals surface area contributed by atoms with Gasteiger partial charge in [-0.1, -0.05) is 64.8 Å². The number of anilines is 1. The Balaban J connectivity index is 2.07. The zero-order valence-corrected chi connectivity index (χ0v) is 13.0. The van der Waals surface area contributed by atoms with Crippen LogP contribution in [0, 0.1) is 11.8 Å². The van der Waals surface area contributed by atoms with Gasteiger partial charge in [-0.2, -0.15) is 0 Å². The van der Waals surface area contributed by atoms with Crippen molar-refractivity contribution in [1.29, 1.82) is 0 Å². The Morgan fingerprint density at radius 2 is 1.38 bits per heavy atom. The van der Waals surface area contributed by atoms with E-state index in [4.69, 9.17) is 34.8 Å². The molecule has 0 spiro atoms. The fourth-order valence-corrected chi connectivity index (χ4v) is 1.65. The lowest BCUT2D eigenvalue weighted by Crippen LogP contribution is -2.26. The standard InChI is InChI=1S/C16H10Cl3NO/c17-16(18,19)15(21)20-14-10-8-13(9-11-14)7-6-12-4-2-1-3-5-12/h1-5,8-11H,(H,20,21). The minimum Gasteiger partial charge on any atom is -0.322 e. The van der Waals surface area contributed by atoms with Crippen LogP contribution in [-0.2, 0) is 4.79 Å². The number of nitrogens with one attached hydrogen (secondary N) is 1. The van der Waals surface area contributed by atoms with Crippen LogP contribution in [0.1, 0.15) is 11.1 Å². The Hall–Kier alpha value is -1.66. The SMILES string of the molecule is O=C(Nc1ccc(C#Cc2ccccc2)cc1)C(Cl)(Cl)Cl. The van der Waals surface area contributed by atoms with Gasteiger partial charge in [0.2, 0.25) is 0 Å². The molecule has 0 fully saturated rings. The van der Waals surface area contributed by atoms with Gasteiger partial charge in [0.1, 0.15) is 0 Å². The third-order valence-electron chi connectivity index (χ3n) is 2.53. The van der Waals surface area contributed by atoms with Crippen molar-refractivity contribution < 1.29 is 4.79 Å². The summed E-state index contributed by atoms with van der Waals surface area (Å²) in [6.07, 6.45) is 0. The van der Waals surface area contributed by atoms with Crippen molar-refractivity contribution in [1.82, 2.24) is 0 Å². The Labute approximate surface area is 138 Å². The summed E-state index contributed by atoms with van der Waals surface area (Å²) in [5, 5.41) is 2.50. The highest BCUT2D eigenvalue weighted by Crippen LogP contribution is 2.27. The molecule has 21 heavy (non-hydrogen) atoms. The van der Waals surface area contributed by atoms with Gasteiger partial charge in [0, 0.05) is 16.8 Å². The maximum Gasteiger partial charge on any atom is 0.276 e. The summed E-state index contributed by atoms with van der Waals surface area (Å²) in [6, 6.07) is 16.6. The normalized spacial score (nSPS) is 10.4. The molecule has 2 rings (SSSR count). The average molecular weight is 339 g/mol. The molecule has 0 aromatic heterocycles. The van der Waals surface area contributed by atoms with Crippen LogP contribution in [0.4, 0.5) is 5.69 Å². The van der Waals surface area contributed by atoms with E-state index in [1.165, 1.54) is 0 Å². The van der Waals surface area contributed by atoms with Gasteiger partial charge in [-0.15, -0.1) is 0 Å². The molecule has 0 aliphatic rings. The number of carbonyl (C=O) groups is 1. The van der Waals surface area contributed by atoms with Gasteiger partial charge in [-0.05, 0) is 36.4 Å². The monoisotopic (exact) mass is 337 g/mol. The lowest BCUT2D eigenvalue weighted by molar-refractivity contribution is -0.115. The first-order chi connectivity index (χ1) is 9.95. The Morgan fingerprint density at radius 3 is 1.90 bits per heavy atom. The van der Waals surface area contributed by atoms with Crippen LogP contribution in [-0.4, -0.2) is 9.70 Å². The van der Waals surface area contributed by atoms with E-state index in [1.807, 2.05) is 30.3 Å². The molecule has 1 N–H and O–H groups in total. The van der Waals surface area contributed by atoms with Gasteiger partial charge in [0.05, 0.1) is 0 Å². The summed E-state index contributed by atoms with van der Waals surface area (Å²) < 4.78 is -1.98. The zero-order chi connectivity index (χ0) is 15.3. The number of hydrogen-bond donors (Lipinski definition) is 1. The van der Waals surface area contributed by atoms with Crippen molar-refractivity contribution in [3.63, 3.8) is 0 Å². The molecule has 2 nitrogen and oxygen atoms in total. The molecule has 5 heteroatoms. The van der Waals surface area contributed by atoms with Gasteiger partial charge in [-0.3, -0.25) is 4.79 Å². The number of hydrogen-bond acceptors (Lipinski definition) is 1. The van der Waals surface area contributed by atoms with E-state index in [9.17, 15) is 4.79 Å². The molecular weight excluding hydrogens is 329 g/mol. The molecule has 0 saturated heterocycles. The van der Waals surface area contributed by atoms with Gasteiger partial charge in [0.25, 0.3) is 9.70 Å². The van der Waals surface area contributed by atoms with Gasteiger partial charge in [0.15, 0.2) is 0 Å². The van der Waals surface area contributed by atoms with Crippen molar-refractivity contribution in [2.45, 2.75) is 3.79 Å². The van der Waals surface area contributed by atoms with E-state index < -0.39 is 9.70 Å². The molecule has 0 unspecified atom stereocenters. The quantitative estimate of drug-likeness (QED) is 0.606. The number of carbonyl (C=O) groups excluding carboxylic acids is 1. The number of amides is 1. The molecule has 2 aromatic carbocycles. The molecule has 106 valence electrons. The lowest BCUT2D eigenvalue weighted by Gasteiger charge is -2.11. The van der Waals surface area contributed by atoms with Crippen molar-refractivity contribution in [3.05, 3.63) is 65.7 Å². The van der Waals surface area contributed by atoms with E-state index in [0.29, 0.717) is 5.69 Å². The number of rotatable bonds is 1. The van der Waals surface area contributed by atoms with E-state index in [-0.39, 0.29) is 0 Å². The fourth-order valence-electron chi connectivity index (χ4n) is 1.50. The molecule has 0 saturated carbocycles. The van der Waals surface area contributed by atoms with Crippen LogP contribution < -0.4 is 5.32 Å². The van der Waals surface area contributed by atoms with Crippen LogP contribution in [0.5, 0.6) is 0 Å². The number of alkyl halides is 3. The molecule has 0 aliphatic heterocycles. The van der Waals surface area contributed by atoms with Crippen molar-refractivity contribution in [2.75, 3.05) is 5.32 Å². The maximum absolute atomic E-state index is 11.5. The summed E-state index contributed by atoms with van der Waals surface area (Å²) in [7, 11) is 0. The van der Waals surface area contributed by atoms with Gasteiger partial charge >= 0.3 is 0 Å². The third-order valence-corrected chi connectivity index (χ3v) is 3.04. The van der Waals surface area contributed by atoms with Gasteiger partial charge < -0.3 is 5.32 Å². The molecule has 0 aliphatic carbocycles. The molecule has 0 atom stereocenters. The van der Waals surface area contributed by atoms with Crippen LogP contribution in [0.2, 0.25) is 0 Å². The first-order valence-corrected chi connectivity index (χ1v) is 7.14. The highest BCUT2D eigenvalue weighted by molar-refractivity contribution is 6.76. The summed E-state index contributed by atoms with van der Waals surface area (Å²) in [4.78, 5) is 11.5. The second-order valence-corrected chi connectivity index (χ2v) is 6.43. The maximum atomic E-state index is 11.5. The Bertz CT molecular complexity index is 679. The van der Waals surface area contributed by atoms with Gasteiger partial charge in [-0.25, -0.2) is 0 Å². The molecule has 1 amide bonds. The Kier molecular flexibility index (Phi) is 5.14. The minimum absolute atomic E-state index is 0.539. The van der Waals surface area contributed by atoms with Crippen molar-refractivity contribution >= 4 is 46.4 Å². The topological polar surface area (TPSA) is 29.1 Å². The summed E-state index contributed by atoms with van der Waals surface area (Å²) >= 11 is 16.4. The van der Waals surface area contributed by atoms with Crippen molar-refractivity contribution in [3.8, 4) is 11.8 Å². The Morgan fingerprint density at radius 1 is 0.857 bits per heavy atom. The van der Waals surface area contributed by atoms with Crippen LogP contribution in [0.15, 0.2) is 54.6 Å². The lowest BCUT2D eigenvalue weighted by atomic mass is 10.1. The van der Waals surface area contributed by atoms with Crippen LogP contribution in [0.3, 0.4) is 0 Å². The smallest absolute Gasteiger partial charge is 0.276 e. The largest absolute Gasteiger partial charge is 0.322 e. The second-order valence-electron chi connectivity index (χ2n) is 4.15. The highest BCUT2D eigenvalue weighted by Gasteiger charge is 2.30. The molecule has 0 heterocycles. The van der Waals surface area contributed by atoms with E-state index in [1.54, 1.807) is 24.3 Å². The highest BCUT2D eigenvalue weighted by atomic mass is 35.6. The third kappa shape index (κ3) is 4.99. The molecule has 2 aromatic rings. The van der Waals surface area contributed by atoms with Crippen LogP contribution in [0.25, 0.3) is 0 Å². The van der Waals surface area contributed by atoms with E-state index >= 15 is 0 Å². The zero-order valence-electron chi connectivity index (χ0n) is 10.7. The first-order valence-electron chi connectivity index (χ1n) is 6.00. The average Bonchev–Trinajstić information content (AvgIpc) is 2.46. The molecule has 0 bridgehead atoms. The van der Waals surface area contributed by atoms with Crippen LogP contribution >= 0.6 is 34.8 Å². The summed E-state index contributed by atoms with van der Waals surface area (Å²) in [5.41, 5.74) is 2.30. The fraction of sp³-hybridized carbons (Fsp3) is 0.0625. The summed E-state index contributed by atoms with van der Waals surface area (Å²) in [5.74, 6) is 5.38. The number of benzene rings is 2. The summed E-state index contributed by atoms with van der Waals surface area (Å²) in [6.45, 7) is 0. The first kappa shape index (κ1) is 15.7. The molecular formula is C16H10Cl3NO. The minimum atomic E-state index is -1.98. The van der Waals surface area contributed by atoms with E-state index in [0.717, 1.165) is 11.1 Å². The molecule has 0 radical (unpaired) electrons. The second kappa shape index (κ2) is 6.87. The predicted molar refractivity (Wildman–Crippen MR) is 87.8 cm³/mol. The predicted octanol–water partition coefficient (Wildman–Crippen LogP) is 4.40. The van der Waals surface area contributed by atoms with E-state index in [2.05, 4.69) is 17.2 Å².